The molecule has 0 heterocycles. The SMILES string of the molecule is O=[N+]([O-])c1ccc(/C=C/c2ccc(N=Nc3ccc(/C=C/c4ccc([N+](=O)[O-])cc4S(=O)(=O)O)c(S(=O)(=O)O)c3)cc2S(=O)(=O)O)c(S(=O)(=O)O)c1.[Na+]. The summed E-state index contributed by atoms with van der Waals surface area (Å²) in [4.78, 5) is 17.0. The van der Waals surface area contributed by atoms with Crippen molar-refractivity contribution in [2.24, 2.45) is 10.2 Å². The maximum Gasteiger partial charge on any atom is 1.00 e. The van der Waals surface area contributed by atoms with Crippen molar-refractivity contribution in [3.63, 3.8) is 0 Å². The van der Waals surface area contributed by atoms with E-state index in [1.165, 1.54) is 12.1 Å². The predicted octanol–water partition coefficient (Wildman–Crippen LogP) is 2.25. The molecule has 53 heavy (non-hydrogen) atoms. The molecule has 0 amide bonds. The van der Waals surface area contributed by atoms with E-state index >= 15 is 0 Å². The van der Waals surface area contributed by atoms with Gasteiger partial charge in [0.1, 0.15) is 19.6 Å². The molecule has 0 fully saturated rings. The summed E-state index contributed by atoms with van der Waals surface area (Å²) in [5, 5.41) is 29.7. The van der Waals surface area contributed by atoms with Gasteiger partial charge in [-0.15, -0.1) is 0 Å². The van der Waals surface area contributed by atoms with Crippen molar-refractivity contribution in [2.45, 2.75) is 19.6 Å². The number of non-ortho nitro benzene ring substituents is 2. The van der Waals surface area contributed by atoms with E-state index in [-0.39, 0.29) is 63.2 Å². The van der Waals surface area contributed by atoms with Gasteiger partial charge in [0.25, 0.3) is 51.8 Å². The minimum absolute atomic E-state index is 0. The Bertz CT molecular complexity index is 2510. The van der Waals surface area contributed by atoms with Gasteiger partial charge in [0.15, 0.2) is 0 Å². The maximum atomic E-state index is 12.2. The second kappa shape index (κ2) is 16.2. The van der Waals surface area contributed by atoms with Crippen LogP contribution in [0, 0.1) is 20.2 Å². The van der Waals surface area contributed by atoms with Gasteiger partial charge < -0.3 is 0 Å². The molecule has 0 bridgehead atoms. The van der Waals surface area contributed by atoms with Gasteiger partial charge in [-0.25, -0.2) is 0 Å². The molecule has 0 aliphatic carbocycles. The van der Waals surface area contributed by atoms with Crippen molar-refractivity contribution in [3.05, 3.63) is 115 Å². The van der Waals surface area contributed by atoms with Gasteiger partial charge in [0.05, 0.1) is 21.2 Å². The van der Waals surface area contributed by atoms with Crippen LogP contribution in [0.25, 0.3) is 24.3 Å². The largest absolute Gasteiger partial charge is 1.00 e. The van der Waals surface area contributed by atoms with E-state index in [9.17, 15) is 72.1 Å². The van der Waals surface area contributed by atoms with Crippen LogP contribution < -0.4 is 29.6 Å². The van der Waals surface area contributed by atoms with E-state index in [2.05, 4.69) is 10.2 Å². The summed E-state index contributed by atoms with van der Waals surface area (Å²) in [6.07, 6.45) is 4.02. The fraction of sp³-hybridized carbons (Fsp3) is 0. The van der Waals surface area contributed by atoms with Crippen LogP contribution in [-0.2, 0) is 40.5 Å². The summed E-state index contributed by atoms with van der Waals surface area (Å²) < 4.78 is 135. The van der Waals surface area contributed by atoms with Gasteiger partial charge in [-0.1, -0.05) is 36.4 Å². The Labute approximate surface area is 321 Å². The molecule has 0 spiro atoms. The molecule has 0 saturated heterocycles. The number of hydrogen-bond donors (Lipinski definition) is 4. The van der Waals surface area contributed by atoms with Crippen LogP contribution >= 0.6 is 0 Å². The molecular weight excluding hydrogens is 800 g/mol. The van der Waals surface area contributed by atoms with E-state index in [0.29, 0.717) is 12.1 Å². The van der Waals surface area contributed by atoms with Crippen LogP contribution in [-0.4, -0.2) is 61.7 Å². The third-order valence-electron chi connectivity index (χ3n) is 6.69. The number of benzene rings is 4. The molecule has 4 aromatic rings. The average Bonchev–Trinajstić information content (AvgIpc) is 3.03. The summed E-state index contributed by atoms with van der Waals surface area (Å²) in [7, 11) is -19.9. The second-order valence-corrected chi connectivity index (χ2v) is 15.7. The number of hydrogen-bond acceptors (Lipinski definition) is 14. The fourth-order valence-electron chi connectivity index (χ4n) is 4.36. The first kappa shape index (κ1) is 42.8. The number of rotatable bonds is 12. The molecule has 20 nitrogen and oxygen atoms in total. The molecule has 272 valence electrons. The smallest absolute Gasteiger partial charge is 0.282 e. The normalized spacial score (nSPS) is 12.7. The fourth-order valence-corrected chi connectivity index (χ4v) is 7.18. The van der Waals surface area contributed by atoms with E-state index in [4.69, 9.17) is 0 Å². The second-order valence-electron chi connectivity index (χ2n) is 10.2. The first-order valence-electron chi connectivity index (χ1n) is 13.5. The quantitative estimate of drug-likeness (QED) is 0.0398. The number of nitro groups is 2. The van der Waals surface area contributed by atoms with Crippen LogP contribution in [0.2, 0.25) is 0 Å². The van der Waals surface area contributed by atoms with Gasteiger partial charge in [-0.2, -0.15) is 43.9 Å². The number of nitrogens with zero attached hydrogens (tertiary/aromatic N) is 4. The molecule has 0 aromatic heterocycles. The van der Waals surface area contributed by atoms with Crippen molar-refractivity contribution >= 4 is 87.5 Å². The molecule has 0 aliphatic rings. The van der Waals surface area contributed by atoms with Crippen molar-refractivity contribution in [1.82, 2.24) is 0 Å². The molecular formula is C28H20N4NaO16S4+. The summed E-state index contributed by atoms with van der Waals surface area (Å²) in [5.41, 5.74) is -2.82. The monoisotopic (exact) mass is 819 g/mol. The van der Waals surface area contributed by atoms with Crippen molar-refractivity contribution in [3.8, 4) is 0 Å². The third-order valence-corrected chi connectivity index (χ3v) is 10.3. The summed E-state index contributed by atoms with van der Waals surface area (Å²) in [6, 6.07) is 11.2. The minimum atomic E-state index is -5.00. The van der Waals surface area contributed by atoms with Crippen molar-refractivity contribution in [2.75, 3.05) is 0 Å². The molecule has 4 rings (SSSR count). The first-order valence-corrected chi connectivity index (χ1v) is 19.2. The van der Waals surface area contributed by atoms with Crippen LogP contribution in [0.3, 0.4) is 0 Å². The summed E-state index contributed by atoms with van der Waals surface area (Å²) in [5.74, 6) is 0. The average molecular weight is 820 g/mol. The zero-order valence-corrected chi connectivity index (χ0v) is 31.6. The third kappa shape index (κ3) is 11.0. The molecule has 25 heteroatoms. The summed E-state index contributed by atoms with van der Waals surface area (Å²) in [6.45, 7) is 0. The standard InChI is InChI=1S/C28H20N4O16S4.Na/c33-31(34)23-11-7-19(27(15-23)51(43,44)45)3-1-17-5-9-21(13-25(17)49(37,38)39)29-30-22-10-6-18(26(14-22)50(40,41)42)2-4-20-8-12-24(32(35)36)16-28(20)52(46,47)48;/h1-16H,(H,37,38,39)(H,40,41,42)(H,43,44,45)(H,46,47,48);/q;+1/b3-1+,4-2+,30-29?;. The Kier molecular flexibility index (Phi) is 13.1. The van der Waals surface area contributed by atoms with Crippen molar-refractivity contribution in [1.29, 1.82) is 0 Å². The van der Waals surface area contributed by atoms with Gasteiger partial charge >= 0.3 is 29.6 Å². The zero-order chi connectivity index (χ0) is 38.8. The van der Waals surface area contributed by atoms with Crippen molar-refractivity contribution < 1.29 is 91.3 Å². The molecule has 4 aromatic carbocycles. The molecule has 0 radical (unpaired) electrons. The molecule has 0 atom stereocenters. The van der Waals surface area contributed by atoms with Crippen LogP contribution in [0.5, 0.6) is 0 Å². The Morgan fingerprint density at radius 2 is 0.698 bits per heavy atom. The number of nitro benzene ring substituents is 2. The van der Waals surface area contributed by atoms with Crippen LogP contribution in [0.1, 0.15) is 22.3 Å². The Morgan fingerprint density at radius 3 is 0.943 bits per heavy atom. The Morgan fingerprint density at radius 1 is 0.453 bits per heavy atom. The zero-order valence-electron chi connectivity index (χ0n) is 26.3. The van der Waals surface area contributed by atoms with E-state index < -0.39 is 81.3 Å². The van der Waals surface area contributed by atoms with Gasteiger partial charge in [0, 0.05) is 24.3 Å². The van der Waals surface area contributed by atoms with Gasteiger partial charge in [-0.05, 0) is 58.7 Å². The summed E-state index contributed by atoms with van der Waals surface area (Å²) >= 11 is 0. The minimum Gasteiger partial charge on any atom is -0.282 e. The Balaban J connectivity index is 0.00000756. The molecule has 0 unspecified atom stereocenters. The van der Waals surface area contributed by atoms with E-state index in [1.54, 1.807) is 0 Å². The van der Waals surface area contributed by atoms with Gasteiger partial charge in [0.2, 0.25) is 0 Å². The maximum absolute atomic E-state index is 12.2. The van der Waals surface area contributed by atoms with Crippen LogP contribution in [0.4, 0.5) is 22.7 Å². The van der Waals surface area contributed by atoms with Crippen LogP contribution in [0.15, 0.2) is 103 Å². The molecule has 4 N–H and O–H groups in total. The van der Waals surface area contributed by atoms with E-state index in [1.807, 2.05) is 0 Å². The van der Waals surface area contributed by atoms with E-state index in [0.717, 1.165) is 72.8 Å². The predicted molar refractivity (Wildman–Crippen MR) is 180 cm³/mol. The number of azo groups is 1. The first-order chi connectivity index (χ1) is 23.9. The molecule has 0 saturated carbocycles. The molecule has 0 aliphatic heterocycles. The Hall–Kier alpha value is -4.60. The topological polar surface area (TPSA) is 328 Å². The van der Waals surface area contributed by atoms with Gasteiger partial charge in [-0.3, -0.25) is 38.4 Å².